The summed E-state index contributed by atoms with van der Waals surface area (Å²) in [4.78, 5) is 16.6. The first-order valence-electron chi connectivity index (χ1n) is 10.8. The zero-order valence-electron chi connectivity index (χ0n) is 18.0. The maximum Gasteiger partial charge on any atom is 0.245 e. The lowest BCUT2D eigenvalue weighted by atomic mass is 9.93. The van der Waals surface area contributed by atoms with Crippen molar-refractivity contribution in [1.82, 2.24) is 9.21 Å². The van der Waals surface area contributed by atoms with Gasteiger partial charge in [0, 0.05) is 27.5 Å². The van der Waals surface area contributed by atoms with Crippen LogP contribution in [0, 0.1) is 0 Å². The van der Waals surface area contributed by atoms with Crippen molar-refractivity contribution in [3.8, 4) is 0 Å². The minimum atomic E-state index is -4.01. The molecule has 2 heterocycles. The van der Waals surface area contributed by atoms with Gasteiger partial charge in [-0.25, -0.2) is 8.42 Å². The molecular weight excluding hydrogens is 535 g/mol. The van der Waals surface area contributed by atoms with E-state index >= 15 is 0 Å². The first-order valence-corrected chi connectivity index (χ1v) is 14.3. The van der Waals surface area contributed by atoms with E-state index in [1.807, 2.05) is 35.7 Å². The van der Waals surface area contributed by atoms with Gasteiger partial charge >= 0.3 is 0 Å². The van der Waals surface area contributed by atoms with Crippen molar-refractivity contribution in [2.75, 3.05) is 13.1 Å². The number of benzene rings is 2. The van der Waals surface area contributed by atoms with Gasteiger partial charge in [-0.1, -0.05) is 46.9 Å². The fraction of sp³-hybridized carbons (Fsp3) is 0.292. The van der Waals surface area contributed by atoms with Gasteiger partial charge in [-0.05, 0) is 72.2 Å². The summed E-state index contributed by atoms with van der Waals surface area (Å²) in [5.74, 6) is -0.245. The lowest BCUT2D eigenvalue weighted by Crippen LogP contribution is -2.47. The number of hydrogen-bond acceptors (Lipinski definition) is 4. The van der Waals surface area contributed by atoms with Crippen LogP contribution >= 0.6 is 46.1 Å². The highest BCUT2D eigenvalue weighted by atomic mass is 35.5. The lowest BCUT2D eigenvalue weighted by molar-refractivity contribution is -0.133. The summed E-state index contributed by atoms with van der Waals surface area (Å²) in [6, 6.07) is 13.3. The highest BCUT2D eigenvalue weighted by Crippen LogP contribution is 2.40. The number of hydrogen-bond donors (Lipinski definition) is 0. The van der Waals surface area contributed by atoms with Crippen molar-refractivity contribution < 1.29 is 13.2 Å². The third kappa shape index (κ3) is 4.62. The summed E-state index contributed by atoms with van der Waals surface area (Å²) >= 11 is 20.1. The molecule has 0 saturated heterocycles. The molecule has 10 heteroatoms. The fourth-order valence-corrected chi connectivity index (χ4v) is 7.79. The molecule has 1 aromatic heterocycles. The quantitative estimate of drug-likeness (QED) is 0.373. The molecule has 3 aromatic rings. The second-order valence-electron chi connectivity index (χ2n) is 8.45. The van der Waals surface area contributed by atoms with Crippen LogP contribution < -0.4 is 0 Å². The Kier molecular flexibility index (Phi) is 6.70. The normalized spacial score (nSPS) is 18.2. The largest absolute Gasteiger partial charge is 0.330 e. The smallest absolute Gasteiger partial charge is 0.245 e. The Balaban J connectivity index is 1.48. The second kappa shape index (κ2) is 9.45. The fourth-order valence-electron chi connectivity index (χ4n) is 4.39. The molecule has 34 heavy (non-hydrogen) atoms. The van der Waals surface area contributed by atoms with Crippen LogP contribution in [0.2, 0.25) is 15.1 Å². The standard InChI is InChI=1S/C24H21Cl3N2O3S2/c25-16-3-1-15(2-4-16)24-19-10-12-33-21(19)9-11-28(24)23(30)14-29(18-6-7-18)34(31,32)22-13-17(26)5-8-20(22)27/h1-5,8,10,12-13,18,24H,6-7,9,11,14H2/t24-/m1/s1. The van der Waals surface area contributed by atoms with Crippen LogP contribution in [0.1, 0.15) is 34.9 Å². The number of rotatable bonds is 6. The van der Waals surface area contributed by atoms with Gasteiger partial charge in [-0.15, -0.1) is 11.3 Å². The second-order valence-corrected chi connectivity index (χ2v) is 12.6. The number of carbonyl (C=O) groups is 1. The van der Waals surface area contributed by atoms with Crippen LogP contribution in [0.15, 0.2) is 58.8 Å². The molecule has 1 aliphatic heterocycles. The molecule has 1 saturated carbocycles. The topological polar surface area (TPSA) is 57.7 Å². The van der Waals surface area contributed by atoms with Crippen molar-refractivity contribution in [2.45, 2.75) is 36.2 Å². The van der Waals surface area contributed by atoms with Crippen LogP contribution in [0.3, 0.4) is 0 Å². The van der Waals surface area contributed by atoms with Crippen molar-refractivity contribution >= 4 is 62.1 Å². The van der Waals surface area contributed by atoms with Crippen LogP contribution in [-0.4, -0.2) is 42.7 Å². The molecule has 0 radical (unpaired) electrons. The van der Waals surface area contributed by atoms with Gasteiger partial charge in [-0.3, -0.25) is 4.79 Å². The maximum atomic E-state index is 13.7. The van der Waals surface area contributed by atoms with Crippen molar-refractivity contribution in [3.63, 3.8) is 0 Å². The number of sulfonamides is 1. The average Bonchev–Trinajstić information content (AvgIpc) is 3.54. The molecular formula is C24H21Cl3N2O3S2. The molecule has 0 spiro atoms. The predicted molar refractivity (Wildman–Crippen MR) is 136 cm³/mol. The Bertz CT molecular complexity index is 1340. The minimum Gasteiger partial charge on any atom is -0.330 e. The molecule has 1 aliphatic carbocycles. The number of nitrogens with zero attached hydrogens (tertiary/aromatic N) is 2. The molecule has 5 nitrogen and oxygen atoms in total. The molecule has 0 bridgehead atoms. The summed E-state index contributed by atoms with van der Waals surface area (Å²) in [6.07, 6.45) is 2.15. The van der Waals surface area contributed by atoms with Crippen LogP contribution in [0.25, 0.3) is 0 Å². The Hall–Kier alpha value is -1.61. The van der Waals surface area contributed by atoms with E-state index in [0.717, 1.165) is 17.5 Å². The molecule has 1 amide bonds. The predicted octanol–water partition coefficient (Wildman–Crippen LogP) is 6.04. The van der Waals surface area contributed by atoms with Crippen molar-refractivity contribution in [3.05, 3.63) is 85.0 Å². The highest BCUT2D eigenvalue weighted by Gasteiger charge is 2.42. The number of halogens is 3. The summed E-state index contributed by atoms with van der Waals surface area (Å²) in [7, 11) is -4.01. The van der Waals surface area contributed by atoms with Gasteiger partial charge < -0.3 is 4.90 Å². The summed E-state index contributed by atoms with van der Waals surface area (Å²) < 4.78 is 28.4. The van der Waals surface area contributed by atoms with E-state index in [2.05, 4.69) is 0 Å². The van der Waals surface area contributed by atoms with Crippen LogP contribution in [0.5, 0.6) is 0 Å². The van der Waals surface area contributed by atoms with Gasteiger partial charge in [0.25, 0.3) is 0 Å². The Morgan fingerprint density at radius 2 is 1.74 bits per heavy atom. The molecule has 2 aromatic carbocycles. The number of fused-ring (bicyclic) bond motifs is 1. The molecule has 2 aliphatic rings. The van der Waals surface area contributed by atoms with E-state index in [4.69, 9.17) is 34.8 Å². The zero-order chi connectivity index (χ0) is 24.0. The van der Waals surface area contributed by atoms with E-state index in [0.29, 0.717) is 24.4 Å². The van der Waals surface area contributed by atoms with E-state index < -0.39 is 10.0 Å². The van der Waals surface area contributed by atoms with Gasteiger partial charge in [0.1, 0.15) is 4.90 Å². The zero-order valence-corrected chi connectivity index (χ0v) is 21.9. The summed E-state index contributed by atoms with van der Waals surface area (Å²) in [5.41, 5.74) is 2.02. The highest BCUT2D eigenvalue weighted by molar-refractivity contribution is 7.89. The van der Waals surface area contributed by atoms with E-state index in [1.54, 1.807) is 22.3 Å². The van der Waals surface area contributed by atoms with Crippen molar-refractivity contribution in [1.29, 1.82) is 0 Å². The Morgan fingerprint density at radius 1 is 1.03 bits per heavy atom. The van der Waals surface area contributed by atoms with E-state index in [-0.39, 0.29) is 39.5 Å². The molecule has 1 fully saturated rings. The van der Waals surface area contributed by atoms with Crippen LogP contribution in [-0.2, 0) is 21.2 Å². The SMILES string of the molecule is O=C(CN(C1CC1)S(=O)(=O)c1cc(Cl)ccc1Cl)N1CCc2sccc2[C@H]1c1ccc(Cl)cc1. The third-order valence-electron chi connectivity index (χ3n) is 6.20. The molecule has 178 valence electrons. The molecule has 0 N–H and O–H groups in total. The number of amides is 1. The average molecular weight is 556 g/mol. The maximum absolute atomic E-state index is 13.7. The monoisotopic (exact) mass is 554 g/mol. The molecule has 5 rings (SSSR count). The molecule has 1 atom stereocenters. The third-order valence-corrected chi connectivity index (χ3v) is 10.1. The summed E-state index contributed by atoms with van der Waals surface area (Å²) in [5, 5.41) is 3.01. The Labute approximate surface area is 217 Å². The lowest BCUT2D eigenvalue weighted by Gasteiger charge is -2.37. The molecule has 0 unspecified atom stereocenters. The van der Waals surface area contributed by atoms with Crippen molar-refractivity contribution in [2.24, 2.45) is 0 Å². The van der Waals surface area contributed by atoms with E-state index in [1.165, 1.54) is 21.3 Å². The van der Waals surface area contributed by atoms with Gasteiger partial charge in [0.2, 0.25) is 15.9 Å². The van der Waals surface area contributed by atoms with E-state index in [9.17, 15) is 13.2 Å². The first kappa shape index (κ1) is 24.1. The first-order chi connectivity index (χ1) is 16.3. The van der Waals surface area contributed by atoms with Gasteiger partial charge in [0.15, 0.2) is 0 Å². The Morgan fingerprint density at radius 3 is 2.44 bits per heavy atom. The number of carbonyl (C=O) groups excluding carboxylic acids is 1. The van der Waals surface area contributed by atoms with Crippen LogP contribution in [0.4, 0.5) is 0 Å². The minimum absolute atomic E-state index is 0.0746. The van der Waals surface area contributed by atoms with Gasteiger partial charge in [-0.2, -0.15) is 4.31 Å². The van der Waals surface area contributed by atoms with Gasteiger partial charge in [0.05, 0.1) is 17.6 Å². The summed E-state index contributed by atoms with van der Waals surface area (Å²) in [6.45, 7) is 0.259. The number of thiophene rings is 1.